The minimum Gasteiger partial charge on any atom is -0.314 e. The second kappa shape index (κ2) is 9.53. The number of aromatic nitrogens is 2. The number of hydrogen-bond donors (Lipinski definition) is 1. The number of halogens is 5. The molecule has 3 aromatic rings. The molecule has 0 spiro atoms. The molecule has 6 nitrogen and oxygen atoms in total. The van der Waals surface area contributed by atoms with Gasteiger partial charge < -0.3 is 5.32 Å². The normalized spacial score (nSPS) is 22.2. The van der Waals surface area contributed by atoms with Crippen LogP contribution < -0.4 is 5.32 Å². The minimum absolute atomic E-state index is 0.00719. The quantitative estimate of drug-likeness (QED) is 0.351. The number of thioether (sulfide) groups is 1. The van der Waals surface area contributed by atoms with Crippen molar-refractivity contribution >= 4 is 51.5 Å². The summed E-state index contributed by atoms with van der Waals surface area (Å²) in [5.41, 5.74) is 0.401. The molecule has 2 aliphatic heterocycles. The maximum atomic E-state index is 14.4. The summed E-state index contributed by atoms with van der Waals surface area (Å²) >= 11 is 6.52. The summed E-state index contributed by atoms with van der Waals surface area (Å²) in [4.78, 5) is 26.5. The van der Waals surface area contributed by atoms with Crippen LogP contribution in [0.15, 0.2) is 47.5 Å². The average molecular weight is 539 g/mol. The van der Waals surface area contributed by atoms with Gasteiger partial charge in [0.15, 0.2) is 0 Å². The van der Waals surface area contributed by atoms with E-state index in [4.69, 9.17) is 11.6 Å². The Bertz CT molecular complexity index is 1390. The number of rotatable bonds is 4. The standard InChI is InChI=1S/C24H19ClF4N4O2S/c25-16-3-2-14(17(9-16)24(27,28)29)12-32-19-4-1-13(7-15(19)10-31-32)8-21-22(34)33(23(35)36-21)20-11-30-6-5-18(20)26/h1-4,7-10,18,20,30H,5-6,11-12H2/b21-8-/t18-,20+/m1/s1. The van der Waals surface area contributed by atoms with E-state index in [1.807, 2.05) is 0 Å². The molecule has 2 aliphatic rings. The summed E-state index contributed by atoms with van der Waals surface area (Å²) in [6.45, 7) is 0.585. The molecule has 0 saturated carbocycles. The van der Waals surface area contributed by atoms with Crippen LogP contribution in [0.2, 0.25) is 5.02 Å². The maximum Gasteiger partial charge on any atom is 0.416 e. The Morgan fingerprint density at radius 2 is 2.00 bits per heavy atom. The van der Waals surface area contributed by atoms with E-state index >= 15 is 0 Å². The molecule has 188 valence electrons. The minimum atomic E-state index is -4.56. The largest absolute Gasteiger partial charge is 0.416 e. The van der Waals surface area contributed by atoms with E-state index in [0.29, 0.717) is 23.0 Å². The van der Waals surface area contributed by atoms with E-state index in [9.17, 15) is 27.2 Å². The molecule has 2 fully saturated rings. The van der Waals surface area contributed by atoms with Crippen molar-refractivity contribution in [3.8, 4) is 0 Å². The third-order valence-corrected chi connectivity index (χ3v) is 7.30. The fourth-order valence-corrected chi connectivity index (χ4v) is 5.47. The number of alkyl halides is 4. The first-order chi connectivity index (χ1) is 17.1. The zero-order valence-corrected chi connectivity index (χ0v) is 20.1. The molecule has 5 rings (SSSR count). The Balaban J connectivity index is 1.40. The van der Waals surface area contributed by atoms with Crippen molar-refractivity contribution in [1.29, 1.82) is 0 Å². The zero-order chi connectivity index (χ0) is 25.6. The van der Waals surface area contributed by atoms with Crippen molar-refractivity contribution in [3.63, 3.8) is 0 Å². The average Bonchev–Trinajstić information content (AvgIpc) is 3.34. The van der Waals surface area contributed by atoms with Crippen LogP contribution in [0.25, 0.3) is 17.0 Å². The van der Waals surface area contributed by atoms with Crippen LogP contribution in [0, 0.1) is 0 Å². The van der Waals surface area contributed by atoms with E-state index in [-0.39, 0.29) is 35.0 Å². The van der Waals surface area contributed by atoms with Crippen molar-refractivity contribution < 1.29 is 27.2 Å². The summed E-state index contributed by atoms with van der Waals surface area (Å²) in [5, 5.41) is 7.36. The van der Waals surface area contributed by atoms with Gasteiger partial charge in [-0.15, -0.1) is 0 Å². The lowest BCUT2D eigenvalue weighted by Crippen LogP contribution is -2.53. The number of fused-ring (bicyclic) bond motifs is 1. The van der Waals surface area contributed by atoms with Crippen LogP contribution in [0.3, 0.4) is 0 Å². The summed E-state index contributed by atoms with van der Waals surface area (Å²) in [5.74, 6) is -0.542. The van der Waals surface area contributed by atoms with Gasteiger partial charge in [-0.1, -0.05) is 23.7 Å². The first-order valence-corrected chi connectivity index (χ1v) is 12.2. The highest BCUT2D eigenvalue weighted by molar-refractivity contribution is 8.18. The molecule has 0 bridgehead atoms. The Morgan fingerprint density at radius 3 is 2.75 bits per heavy atom. The number of imide groups is 1. The second-order valence-electron chi connectivity index (χ2n) is 8.55. The molecule has 36 heavy (non-hydrogen) atoms. The third kappa shape index (κ3) is 4.74. The molecule has 3 heterocycles. The van der Waals surface area contributed by atoms with Gasteiger partial charge in [0.05, 0.1) is 34.8 Å². The number of benzene rings is 2. The zero-order valence-electron chi connectivity index (χ0n) is 18.6. The molecule has 1 aromatic heterocycles. The van der Waals surface area contributed by atoms with Crippen molar-refractivity contribution in [2.75, 3.05) is 13.1 Å². The van der Waals surface area contributed by atoms with Crippen molar-refractivity contribution in [2.24, 2.45) is 0 Å². The van der Waals surface area contributed by atoms with Crippen LogP contribution in [0.5, 0.6) is 0 Å². The first kappa shape index (κ1) is 24.8. The van der Waals surface area contributed by atoms with Crippen molar-refractivity contribution in [3.05, 3.63) is 69.2 Å². The number of hydrogen-bond acceptors (Lipinski definition) is 5. The van der Waals surface area contributed by atoms with Gasteiger partial charge in [-0.3, -0.25) is 19.2 Å². The highest BCUT2D eigenvalue weighted by atomic mass is 35.5. The van der Waals surface area contributed by atoms with Crippen molar-refractivity contribution in [2.45, 2.75) is 31.4 Å². The Morgan fingerprint density at radius 1 is 1.19 bits per heavy atom. The van der Waals surface area contributed by atoms with E-state index in [0.717, 1.165) is 22.7 Å². The molecule has 0 aliphatic carbocycles. The van der Waals surface area contributed by atoms with Crippen LogP contribution in [-0.4, -0.2) is 51.1 Å². The molecule has 2 atom stereocenters. The van der Waals surface area contributed by atoms with E-state index in [1.54, 1.807) is 24.3 Å². The van der Waals surface area contributed by atoms with E-state index in [2.05, 4.69) is 10.4 Å². The number of nitrogens with zero attached hydrogens (tertiary/aromatic N) is 3. The van der Waals surface area contributed by atoms with Gasteiger partial charge in [-0.2, -0.15) is 18.3 Å². The second-order valence-corrected chi connectivity index (χ2v) is 9.98. The van der Waals surface area contributed by atoms with Crippen LogP contribution >= 0.6 is 23.4 Å². The number of piperidine rings is 1. The molecule has 1 N–H and O–H groups in total. The maximum absolute atomic E-state index is 14.4. The van der Waals surface area contributed by atoms with Gasteiger partial charge in [0.25, 0.3) is 11.1 Å². The molecule has 0 radical (unpaired) electrons. The van der Waals surface area contributed by atoms with Gasteiger partial charge in [-0.05, 0) is 66.2 Å². The lowest BCUT2D eigenvalue weighted by molar-refractivity contribution is -0.138. The molecule has 2 amide bonds. The SMILES string of the molecule is O=C1S/C(=C\c2ccc3c(cnn3Cc3ccc(Cl)cc3C(F)(F)F)c2)C(=O)N1[C@H]1CNCC[C@H]1F. The lowest BCUT2D eigenvalue weighted by atomic mass is 10.0. The van der Waals surface area contributed by atoms with Gasteiger partial charge in [0.1, 0.15) is 6.17 Å². The topological polar surface area (TPSA) is 67.2 Å². The van der Waals surface area contributed by atoms with Gasteiger partial charge in [0.2, 0.25) is 0 Å². The number of carbonyl (C=O) groups excluding carboxylic acids is 2. The summed E-state index contributed by atoms with van der Waals surface area (Å²) in [7, 11) is 0. The number of carbonyl (C=O) groups is 2. The number of nitrogens with one attached hydrogen (secondary N) is 1. The van der Waals surface area contributed by atoms with Gasteiger partial charge >= 0.3 is 6.18 Å². The smallest absolute Gasteiger partial charge is 0.314 e. The Kier molecular flexibility index (Phi) is 6.56. The van der Waals surface area contributed by atoms with E-state index < -0.39 is 35.1 Å². The summed E-state index contributed by atoms with van der Waals surface area (Å²) < 4.78 is 56.2. The van der Waals surface area contributed by atoms with Gasteiger partial charge in [-0.25, -0.2) is 4.39 Å². The lowest BCUT2D eigenvalue weighted by Gasteiger charge is -2.32. The molecule has 12 heteroatoms. The Labute approximate surface area is 212 Å². The molecule has 2 saturated heterocycles. The molecular weight excluding hydrogens is 520 g/mol. The highest BCUT2D eigenvalue weighted by Crippen LogP contribution is 2.36. The van der Waals surface area contributed by atoms with Crippen molar-refractivity contribution in [1.82, 2.24) is 20.0 Å². The molecule has 2 aromatic carbocycles. The fraction of sp³-hybridized carbons (Fsp3) is 0.292. The summed E-state index contributed by atoms with van der Waals surface area (Å²) in [6.07, 6.45) is -2.54. The predicted molar refractivity (Wildman–Crippen MR) is 129 cm³/mol. The van der Waals surface area contributed by atoms with Crippen LogP contribution in [0.4, 0.5) is 22.4 Å². The number of amides is 2. The van der Waals surface area contributed by atoms with E-state index in [1.165, 1.54) is 23.0 Å². The van der Waals surface area contributed by atoms with Crippen LogP contribution in [0.1, 0.15) is 23.1 Å². The molecule has 0 unspecified atom stereocenters. The first-order valence-electron chi connectivity index (χ1n) is 11.0. The monoisotopic (exact) mass is 538 g/mol. The fourth-order valence-electron chi connectivity index (χ4n) is 4.41. The third-order valence-electron chi connectivity index (χ3n) is 6.18. The van der Waals surface area contributed by atoms with Crippen LogP contribution in [-0.2, 0) is 17.5 Å². The summed E-state index contributed by atoms with van der Waals surface area (Å²) in [6, 6.07) is 7.87. The highest BCUT2D eigenvalue weighted by Gasteiger charge is 2.43. The predicted octanol–water partition coefficient (Wildman–Crippen LogP) is 5.49. The molecular formula is C24H19ClF4N4O2S. The van der Waals surface area contributed by atoms with Gasteiger partial charge in [0, 0.05) is 17.0 Å². The Hall–Kier alpha value is -2.89.